The molecule has 94 valence electrons. The maximum Gasteiger partial charge on any atom is 0.0921 e. The highest BCUT2D eigenvalue weighted by molar-refractivity contribution is 5.38. The van der Waals surface area contributed by atoms with Gasteiger partial charge in [0, 0.05) is 13.0 Å². The minimum absolute atomic E-state index is 0.472. The van der Waals surface area contributed by atoms with Gasteiger partial charge >= 0.3 is 0 Å². The molecule has 17 heavy (non-hydrogen) atoms. The summed E-state index contributed by atoms with van der Waals surface area (Å²) in [6.07, 6.45) is 2.52. The van der Waals surface area contributed by atoms with Crippen molar-refractivity contribution in [2.75, 3.05) is 13.2 Å². The number of aryl methyl sites for hydroxylation is 3. The first-order chi connectivity index (χ1) is 8.00. The van der Waals surface area contributed by atoms with Gasteiger partial charge in [0.15, 0.2) is 0 Å². The number of aliphatic hydroxyl groups is 1. The Kier molecular flexibility index (Phi) is 3.55. The maximum atomic E-state index is 10.5. The van der Waals surface area contributed by atoms with Crippen molar-refractivity contribution in [3.63, 3.8) is 0 Å². The van der Waals surface area contributed by atoms with Gasteiger partial charge < -0.3 is 9.84 Å². The van der Waals surface area contributed by atoms with E-state index in [-0.39, 0.29) is 0 Å². The fraction of sp³-hybridized carbons (Fsp3) is 0.600. The summed E-state index contributed by atoms with van der Waals surface area (Å²) >= 11 is 0. The maximum absolute atomic E-state index is 10.5. The van der Waals surface area contributed by atoms with Crippen molar-refractivity contribution in [3.8, 4) is 0 Å². The van der Waals surface area contributed by atoms with E-state index in [1.165, 1.54) is 22.3 Å². The van der Waals surface area contributed by atoms with Gasteiger partial charge in [-0.15, -0.1) is 0 Å². The highest BCUT2D eigenvalue weighted by Gasteiger charge is 2.31. The minimum atomic E-state index is -0.664. The van der Waals surface area contributed by atoms with E-state index in [1.807, 2.05) is 0 Å². The van der Waals surface area contributed by atoms with Crippen LogP contribution in [-0.2, 0) is 11.2 Å². The predicted octanol–water partition coefficient (Wildman–Crippen LogP) is 2.70. The zero-order valence-corrected chi connectivity index (χ0v) is 11.0. The van der Waals surface area contributed by atoms with Gasteiger partial charge in [0.1, 0.15) is 0 Å². The fourth-order valence-electron chi connectivity index (χ4n) is 2.79. The average Bonchev–Trinajstić information content (AvgIpc) is 2.24. The molecule has 1 N–H and O–H groups in total. The Hall–Kier alpha value is -0.860. The van der Waals surface area contributed by atoms with Crippen LogP contribution in [-0.4, -0.2) is 23.9 Å². The van der Waals surface area contributed by atoms with E-state index in [9.17, 15) is 5.11 Å². The van der Waals surface area contributed by atoms with Gasteiger partial charge in [-0.1, -0.05) is 17.7 Å². The molecule has 1 saturated heterocycles. The van der Waals surface area contributed by atoms with Crippen LogP contribution in [0.4, 0.5) is 0 Å². The van der Waals surface area contributed by atoms with Crippen LogP contribution in [0.15, 0.2) is 12.1 Å². The molecule has 1 aromatic carbocycles. The number of ether oxygens (including phenoxy) is 1. The Morgan fingerprint density at radius 2 is 1.88 bits per heavy atom. The zero-order valence-electron chi connectivity index (χ0n) is 11.0. The lowest BCUT2D eigenvalue weighted by atomic mass is 9.85. The second-order valence-electron chi connectivity index (χ2n) is 5.43. The van der Waals surface area contributed by atoms with Gasteiger partial charge in [-0.2, -0.15) is 0 Å². The lowest BCUT2D eigenvalue weighted by Crippen LogP contribution is -2.41. The monoisotopic (exact) mass is 234 g/mol. The summed E-state index contributed by atoms with van der Waals surface area (Å²) in [5, 5.41) is 10.5. The molecule has 0 aliphatic carbocycles. The molecule has 0 aromatic heterocycles. The molecule has 1 atom stereocenters. The first-order valence-corrected chi connectivity index (χ1v) is 6.37. The van der Waals surface area contributed by atoms with E-state index in [4.69, 9.17) is 4.74 Å². The Balaban J connectivity index is 2.23. The molecule has 1 aromatic rings. The standard InChI is InChI=1S/C15H22O2/c1-11-7-12(2)14(13(3)8-11)9-15(16)5-4-6-17-10-15/h7-8,16H,4-6,9-10H2,1-3H3. The van der Waals surface area contributed by atoms with Crippen molar-refractivity contribution < 1.29 is 9.84 Å². The molecule has 0 radical (unpaired) electrons. The summed E-state index contributed by atoms with van der Waals surface area (Å²) in [6.45, 7) is 7.63. The van der Waals surface area contributed by atoms with Crippen molar-refractivity contribution in [2.24, 2.45) is 0 Å². The highest BCUT2D eigenvalue weighted by Crippen LogP contribution is 2.27. The molecule has 2 nitrogen and oxygen atoms in total. The predicted molar refractivity (Wildman–Crippen MR) is 69.4 cm³/mol. The Morgan fingerprint density at radius 1 is 1.24 bits per heavy atom. The number of hydrogen-bond donors (Lipinski definition) is 1. The van der Waals surface area contributed by atoms with E-state index < -0.39 is 5.60 Å². The molecule has 2 rings (SSSR count). The van der Waals surface area contributed by atoms with Crippen molar-refractivity contribution in [3.05, 3.63) is 34.4 Å². The second kappa shape index (κ2) is 4.79. The van der Waals surface area contributed by atoms with Crippen LogP contribution in [0.5, 0.6) is 0 Å². The molecule has 0 bridgehead atoms. The van der Waals surface area contributed by atoms with E-state index in [0.29, 0.717) is 13.0 Å². The summed E-state index contributed by atoms with van der Waals surface area (Å²) in [6, 6.07) is 4.38. The third-order valence-corrected chi connectivity index (χ3v) is 3.65. The van der Waals surface area contributed by atoms with Crippen LogP contribution in [0.2, 0.25) is 0 Å². The van der Waals surface area contributed by atoms with Crippen LogP contribution in [0.1, 0.15) is 35.1 Å². The third-order valence-electron chi connectivity index (χ3n) is 3.65. The van der Waals surface area contributed by atoms with Crippen molar-refractivity contribution in [1.82, 2.24) is 0 Å². The van der Waals surface area contributed by atoms with E-state index in [1.54, 1.807) is 0 Å². The van der Waals surface area contributed by atoms with Crippen LogP contribution >= 0.6 is 0 Å². The van der Waals surface area contributed by atoms with E-state index >= 15 is 0 Å². The molecule has 0 spiro atoms. The van der Waals surface area contributed by atoms with E-state index in [2.05, 4.69) is 32.9 Å². The van der Waals surface area contributed by atoms with Crippen molar-refractivity contribution >= 4 is 0 Å². The van der Waals surface area contributed by atoms with Gasteiger partial charge in [-0.05, 0) is 50.3 Å². The summed E-state index contributed by atoms with van der Waals surface area (Å²) < 4.78 is 5.41. The molecule has 1 unspecified atom stereocenters. The summed E-state index contributed by atoms with van der Waals surface area (Å²) in [5.41, 5.74) is 4.46. The van der Waals surface area contributed by atoms with Crippen LogP contribution in [0, 0.1) is 20.8 Å². The molecule has 2 heteroatoms. The summed E-state index contributed by atoms with van der Waals surface area (Å²) in [7, 11) is 0. The van der Waals surface area contributed by atoms with Gasteiger partial charge in [0.2, 0.25) is 0 Å². The molecule has 0 amide bonds. The minimum Gasteiger partial charge on any atom is -0.387 e. The Bertz CT molecular complexity index is 380. The topological polar surface area (TPSA) is 29.5 Å². The normalized spacial score (nSPS) is 24.9. The number of hydrogen-bond acceptors (Lipinski definition) is 2. The van der Waals surface area contributed by atoms with Gasteiger partial charge in [-0.3, -0.25) is 0 Å². The summed E-state index contributed by atoms with van der Waals surface area (Å²) in [4.78, 5) is 0. The molecular weight excluding hydrogens is 212 g/mol. The summed E-state index contributed by atoms with van der Waals surface area (Å²) in [5.74, 6) is 0. The van der Waals surface area contributed by atoms with Crippen LogP contribution < -0.4 is 0 Å². The Morgan fingerprint density at radius 3 is 2.41 bits per heavy atom. The fourth-order valence-corrected chi connectivity index (χ4v) is 2.79. The van der Waals surface area contributed by atoms with Gasteiger partial charge in [-0.25, -0.2) is 0 Å². The van der Waals surface area contributed by atoms with E-state index in [0.717, 1.165) is 19.4 Å². The average molecular weight is 234 g/mol. The molecule has 1 aliphatic heterocycles. The van der Waals surface area contributed by atoms with Crippen molar-refractivity contribution in [1.29, 1.82) is 0 Å². The lowest BCUT2D eigenvalue weighted by molar-refractivity contribution is -0.0846. The quantitative estimate of drug-likeness (QED) is 0.852. The lowest BCUT2D eigenvalue weighted by Gasteiger charge is -2.33. The van der Waals surface area contributed by atoms with Crippen LogP contribution in [0.25, 0.3) is 0 Å². The van der Waals surface area contributed by atoms with Crippen LogP contribution in [0.3, 0.4) is 0 Å². The zero-order chi connectivity index (χ0) is 12.5. The van der Waals surface area contributed by atoms with Crippen molar-refractivity contribution in [2.45, 2.75) is 45.6 Å². The highest BCUT2D eigenvalue weighted by atomic mass is 16.5. The molecule has 0 saturated carbocycles. The molecule has 1 heterocycles. The molecule has 1 fully saturated rings. The smallest absolute Gasteiger partial charge is 0.0921 e. The molecular formula is C15H22O2. The SMILES string of the molecule is Cc1cc(C)c(CC2(O)CCCOC2)c(C)c1. The van der Waals surface area contributed by atoms with Gasteiger partial charge in [0.25, 0.3) is 0 Å². The number of rotatable bonds is 2. The largest absolute Gasteiger partial charge is 0.387 e. The Labute approximate surface area is 104 Å². The second-order valence-corrected chi connectivity index (χ2v) is 5.43. The first kappa shape index (κ1) is 12.6. The van der Waals surface area contributed by atoms with Gasteiger partial charge in [0.05, 0.1) is 12.2 Å². The number of benzene rings is 1. The molecule has 1 aliphatic rings. The third kappa shape index (κ3) is 2.88. The first-order valence-electron chi connectivity index (χ1n) is 6.37.